The van der Waals surface area contributed by atoms with Gasteiger partial charge in [-0.05, 0) is 80.5 Å². The smallest absolute Gasteiger partial charge is 0.0582 e. The Morgan fingerprint density at radius 2 is 0.600 bits per heavy atom. The molecule has 40 heavy (non-hydrogen) atoms. The summed E-state index contributed by atoms with van der Waals surface area (Å²) in [4.78, 5) is 0. The van der Waals surface area contributed by atoms with Gasteiger partial charge in [0.15, 0.2) is 0 Å². The molecule has 0 aliphatic heterocycles. The predicted octanol–water partition coefficient (Wildman–Crippen LogP) is 7.32. The van der Waals surface area contributed by atoms with Gasteiger partial charge < -0.3 is 33.1 Å². The molecule has 0 spiro atoms. The van der Waals surface area contributed by atoms with Crippen molar-refractivity contribution < 1.29 is 10.2 Å². The van der Waals surface area contributed by atoms with Gasteiger partial charge in [0.2, 0.25) is 0 Å². The molecular formula is C34H82N4O2. The molecule has 0 aliphatic carbocycles. The lowest BCUT2D eigenvalue weighted by Gasteiger charge is -2.09. The molecule has 0 unspecified atom stereocenters. The molecule has 0 amide bonds. The van der Waals surface area contributed by atoms with E-state index in [9.17, 15) is 0 Å². The van der Waals surface area contributed by atoms with E-state index in [0.717, 1.165) is 62.2 Å². The highest BCUT2D eigenvalue weighted by molar-refractivity contribution is 4.61. The van der Waals surface area contributed by atoms with Gasteiger partial charge >= 0.3 is 0 Å². The van der Waals surface area contributed by atoms with Gasteiger partial charge in [0.1, 0.15) is 0 Å². The first-order valence-electron chi connectivity index (χ1n) is 16.6. The van der Waals surface area contributed by atoms with E-state index in [0.29, 0.717) is 23.9 Å². The molecule has 0 saturated carbocycles. The van der Waals surface area contributed by atoms with Gasteiger partial charge in [-0.3, -0.25) is 0 Å². The van der Waals surface area contributed by atoms with Crippen molar-refractivity contribution in [2.45, 2.75) is 172 Å². The molecule has 250 valence electrons. The SMILES string of the molecule is CC(C)C[C@@H](N)CO.CC(C)C[C@H](N)CO.CC[C@@H](C)CC(C)C.CC[C@@H](N)CC(C)C.CC[C@H](N)CC(C)C. The van der Waals surface area contributed by atoms with Crippen LogP contribution in [-0.4, -0.2) is 47.6 Å². The zero-order chi connectivity index (χ0) is 32.8. The highest BCUT2D eigenvalue weighted by atomic mass is 16.3. The van der Waals surface area contributed by atoms with Crippen molar-refractivity contribution in [3.8, 4) is 0 Å². The van der Waals surface area contributed by atoms with Crippen LogP contribution in [0, 0.1) is 35.5 Å². The van der Waals surface area contributed by atoms with Crippen molar-refractivity contribution in [2.24, 2.45) is 58.4 Å². The molecule has 0 aromatic rings. The highest BCUT2D eigenvalue weighted by Gasteiger charge is 2.03. The first-order valence-corrected chi connectivity index (χ1v) is 16.6. The van der Waals surface area contributed by atoms with Crippen LogP contribution in [0.5, 0.6) is 0 Å². The summed E-state index contributed by atoms with van der Waals surface area (Å²) >= 11 is 0. The van der Waals surface area contributed by atoms with Crippen LogP contribution >= 0.6 is 0 Å². The maximum absolute atomic E-state index is 8.46. The molecule has 0 radical (unpaired) electrons. The van der Waals surface area contributed by atoms with Gasteiger partial charge in [-0.25, -0.2) is 0 Å². The number of hydrogen-bond acceptors (Lipinski definition) is 6. The van der Waals surface area contributed by atoms with Crippen molar-refractivity contribution >= 4 is 0 Å². The number of aliphatic hydroxyl groups is 2. The van der Waals surface area contributed by atoms with Crippen LogP contribution in [0.1, 0.15) is 148 Å². The van der Waals surface area contributed by atoms with Crippen LogP contribution in [0.3, 0.4) is 0 Å². The fraction of sp³-hybridized carbons (Fsp3) is 1.00. The molecule has 0 saturated heterocycles. The Hall–Kier alpha value is -0.240. The Labute approximate surface area is 254 Å². The largest absolute Gasteiger partial charge is 0.395 e. The minimum absolute atomic E-state index is 0.0185. The van der Waals surface area contributed by atoms with E-state index < -0.39 is 0 Å². The first kappa shape index (κ1) is 49.4. The van der Waals surface area contributed by atoms with E-state index >= 15 is 0 Å². The van der Waals surface area contributed by atoms with Gasteiger partial charge in [0.25, 0.3) is 0 Å². The Morgan fingerprint density at radius 1 is 0.375 bits per heavy atom. The van der Waals surface area contributed by atoms with Crippen molar-refractivity contribution in [1.82, 2.24) is 0 Å². The lowest BCUT2D eigenvalue weighted by molar-refractivity contribution is 0.250. The molecule has 6 heteroatoms. The second kappa shape index (κ2) is 35.0. The van der Waals surface area contributed by atoms with E-state index in [1.807, 2.05) is 0 Å². The molecule has 0 heterocycles. The molecule has 0 aromatic carbocycles. The maximum Gasteiger partial charge on any atom is 0.0582 e. The van der Waals surface area contributed by atoms with Crippen LogP contribution in [0.2, 0.25) is 0 Å². The third-order valence-electron chi connectivity index (χ3n) is 6.19. The molecule has 10 N–H and O–H groups in total. The van der Waals surface area contributed by atoms with E-state index in [4.69, 9.17) is 33.1 Å². The van der Waals surface area contributed by atoms with E-state index in [1.165, 1.54) is 12.8 Å². The number of nitrogens with two attached hydrogens (primary N) is 4. The van der Waals surface area contributed by atoms with Gasteiger partial charge in [0.05, 0.1) is 13.2 Å². The summed E-state index contributed by atoms with van der Waals surface area (Å²) in [6, 6.07) is 0.815. The van der Waals surface area contributed by atoms with Crippen LogP contribution in [-0.2, 0) is 0 Å². The van der Waals surface area contributed by atoms with Crippen molar-refractivity contribution in [1.29, 1.82) is 0 Å². The lowest BCUT2D eigenvalue weighted by Crippen LogP contribution is -2.25. The third-order valence-corrected chi connectivity index (χ3v) is 6.19. The van der Waals surface area contributed by atoms with Crippen LogP contribution < -0.4 is 22.9 Å². The summed E-state index contributed by atoms with van der Waals surface area (Å²) in [5.74, 6) is 4.50. The minimum atomic E-state index is -0.0185. The van der Waals surface area contributed by atoms with E-state index in [1.54, 1.807) is 0 Å². The van der Waals surface area contributed by atoms with Crippen molar-refractivity contribution in [3.05, 3.63) is 0 Å². The Morgan fingerprint density at radius 3 is 0.675 bits per heavy atom. The normalized spacial score (nSPS) is 14.6. The second-order valence-corrected chi connectivity index (χ2v) is 13.9. The fourth-order valence-corrected chi connectivity index (χ4v) is 3.88. The third kappa shape index (κ3) is 57.6. The molecule has 0 aliphatic rings. The summed E-state index contributed by atoms with van der Waals surface area (Å²) in [7, 11) is 0. The molecule has 0 fully saturated rings. The zero-order valence-corrected chi connectivity index (χ0v) is 30.0. The number of rotatable bonds is 15. The average molecular weight is 579 g/mol. The zero-order valence-electron chi connectivity index (χ0n) is 30.0. The minimum Gasteiger partial charge on any atom is -0.395 e. The summed E-state index contributed by atoms with van der Waals surface area (Å²) < 4.78 is 0. The highest BCUT2D eigenvalue weighted by Crippen LogP contribution is 2.13. The summed E-state index contributed by atoms with van der Waals surface area (Å²) in [6.45, 7) is 30.8. The monoisotopic (exact) mass is 579 g/mol. The number of aliphatic hydroxyl groups excluding tert-OH is 2. The molecule has 5 atom stereocenters. The quantitative estimate of drug-likeness (QED) is 0.120. The Balaban J connectivity index is -0.000000128. The molecule has 0 rings (SSSR count). The Kier molecular flexibility index (Phi) is 43.2. The summed E-state index contributed by atoms with van der Waals surface area (Å²) in [6.07, 6.45) is 9.09. The average Bonchev–Trinajstić information content (AvgIpc) is 2.83. The lowest BCUT2D eigenvalue weighted by atomic mass is 9.97. The van der Waals surface area contributed by atoms with Crippen molar-refractivity contribution in [2.75, 3.05) is 13.2 Å². The second-order valence-electron chi connectivity index (χ2n) is 13.9. The van der Waals surface area contributed by atoms with E-state index in [2.05, 4.69) is 96.9 Å². The standard InChI is InChI=1S/C8H18.2C7H17N.2C6H15NO/c1-5-8(4)6-7(2)3;2*1-4-7(8)5-6(2)3;2*1-5(2)3-6(7)4-8/h7-8H,5-6H2,1-4H3;2*6-7H,4-5,8H2,1-3H3;2*5-6,8H,3-4,7H2,1-2H3/t8-;2*7-;2*6-/m11010/s1. The van der Waals surface area contributed by atoms with Gasteiger partial charge in [-0.15, -0.1) is 0 Å². The molecular weight excluding hydrogens is 496 g/mol. The summed E-state index contributed by atoms with van der Waals surface area (Å²) in [5.41, 5.74) is 22.2. The van der Waals surface area contributed by atoms with Gasteiger partial charge in [-0.2, -0.15) is 0 Å². The van der Waals surface area contributed by atoms with Gasteiger partial charge in [0, 0.05) is 24.2 Å². The Bertz CT molecular complexity index is 353. The molecule has 0 aromatic heterocycles. The fourth-order valence-electron chi connectivity index (χ4n) is 3.88. The molecule has 0 bridgehead atoms. The number of hydrogen-bond donors (Lipinski definition) is 6. The van der Waals surface area contributed by atoms with Gasteiger partial charge in [-0.1, -0.05) is 103 Å². The maximum atomic E-state index is 8.46. The van der Waals surface area contributed by atoms with Crippen molar-refractivity contribution in [3.63, 3.8) is 0 Å². The first-order chi connectivity index (χ1) is 18.3. The van der Waals surface area contributed by atoms with Crippen LogP contribution in [0.15, 0.2) is 0 Å². The van der Waals surface area contributed by atoms with E-state index in [-0.39, 0.29) is 25.3 Å². The van der Waals surface area contributed by atoms with Crippen LogP contribution in [0.25, 0.3) is 0 Å². The van der Waals surface area contributed by atoms with Crippen LogP contribution in [0.4, 0.5) is 0 Å². The molecule has 6 nitrogen and oxygen atoms in total. The summed E-state index contributed by atoms with van der Waals surface area (Å²) in [5, 5.41) is 16.9. The predicted molar refractivity (Wildman–Crippen MR) is 183 cm³/mol. The topological polar surface area (TPSA) is 145 Å².